The molecule has 1 aromatic heterocycles. The highest BCUT2D eigenvalue weighted by Crippen LogP contribution is 2.25. The van der Waals surface area contributed by atoms with Crippen LogP contribution in [0, 0.1) is 5.92 Å². The van der Waals surface area contributed by atoms with Crippen LogP contribution >= 0.6 is 0 Å². The van der Waals surface area contributed by atoms with Crippen LogP contribution in [0.25, 0.3) is 0 Å². The van der Waals surface area contributed by atoms with E-state index in [1.807, 2.05) is 0 Å². The van der Waals surface area contributed by atoms with E-state index >= 15 is 0 Å². The molecule has 0 amide bonds. The Bertz CT molecular complexity index is 376. The van der Waals surface area contributed by atoms with Gasteiger partial charge in [0.15, 0.2) is 0 Å². The summed E-state index contributed by atoms with van der Waals surface area (Å²) in [5.74, 6) is 0.535. The first-order valence-corrected chi connectivity index (χ1v) is 7.96. The van der Waals surface area contributed by atoms with E-state index in [2.05, 4.69) is 48.9 Å². The zero-order valence-electron chi connectivity index (χ0n) is 13.8. The van der Waals surface area contributed by atoms with Gasteiger partial charge in [-0.05, 0) is 44.7 Å². The first kappa shape index (κ1) is 17.2. The lowest BCUT2D eigenvalue weighted by molar-refractivity contribution is 0.169. The highest BCUT2D eigenvalue weighted by atomic mass is 16.5. The van der Waals surface area contributed by atoms with Crippen LogP contribution in [-0.4, -0.2) is 30.0 Å². The number of nitrogens with zero attached hydrogens (tertiary/aromatic N) is 2. The van der Waals surface area contributed by atoms with Crippen molar-refractivity contribution in [3.05, 3.63) is 17.5 Å². The Morgan fingerprint density at radius 1 is 1.35 bits per heavy atom. The second-order valence-electron chi connectivity index (χ2n) is 5.42. The average molecular weight is 281 g/mol. The van der Waals surface area contributed by atoms with Gasteiger partial charge in [0.25, 0.3) is 0 Å². The molecule has 0 radical (unpaired) electrons. The van der Waals surface area contributed by atoms with E-state index in [1.165, 1.54) is 11.4 Å². The Balaban J connectivity index is 2.93. The van der Waals surface area contributed by atoms with Crippen molar-refractivity contribution in [2.75, 3.05) is 20.3 Å². The standard InChI is InChI=1S/C16H31N3O/c1-6-10-17-16(13(4)9-11-20-5)15-12-14(7-2)18-19(15)8-3/h12-13,16-17H,6-11H2,1-5H3. The minimum atomic E-state index is 0.359. The van der Waals surface area contributed by atoms with Gasteiger partial charge in [-0.3, -0.25) is 4.68 Å². The third-order valence-corrected chi connectivity index (χ3v) is 3.80. The first-order chi connectivity index (χ1) is 9.67. The van der Waals surface area contributed by atoms with Crippen molar-refractivity contribution >= 4 is 0 Å². The molecular formula is C16H31N3O. The van der Waals surface area contributed by atoms with Crippen LogP contribution in [0.1, 0.15) is 58.0 Å². The van der Waals surface area contributed by atoms with Crippen molar-refractivity contribution in [2.24, 2.45) is 5.92 Å². The fourth-order valence-corrected chi connectivity index (χ4v) is 2.53. The highest BCUT2D eigenvalue weighted by Gasteiger charge is 2.22. The molecular weight excluding hydrogens is 250 g/mol. The maximum Gasteiger partial charge on any atom is 0.0625 e. The van der Waals surface area contributed by atoms with Gasteiger partial charge in [-0.15, -0.1) is 0 Å². The summed E-state index contributed by atoms with van der Waals surface area (Å²) >= 11 is 0. The Kier molecular flexibility index (Phi) is 7.85. The molecule has 20 heavy (non-hydrogen) atoms. The van der Waals surface area contributed by atoms with E-state index < -0.39 is 0 Å². The molecule has 1 rings (SSSR count). The molecule has 116 valence electrons. The van der Waals surface area contributed by atoms with E-state index in [0.717, 1.165) is 39.0 Å². The summed E-state index contributed by atoms with van der Waals surface area (Å²) in [5, 5.41) is 8.37. The molecule has 1 N–H and O–H groups in total. The number of aromatic nitrogens is 2. The predicted octanol–water partition coefficient (Wildman–Crippen LogP) is 3.18. The van der Waals surface area contributed by atoms with Gasteiger partial charge in [0, 0.05) is 20.3 Å². The summed E-state index contributed by atoms with van der Waals surface area (Å²) in [7, 11) is 1.77. The lowest BCUT2D eigenvalue weighted by Gasteiger charge is -2.25. The molecule has 0 saturated carbocycles. The van der Waals surface area contributed by atoms with Crippen LogP contribution in [0.5, 0.6) is 0 Å². The number of hydrogen-bond donors (Lipinski definition) is 1. The Morgan fingerprint density at radius 3 is 2.65 bits per heavy atom. The number of ether oxygens (including phenoxy) is 1. The molecule has 0 aromatic carbocycles. The number of hydrogen-bond acceptors (Lipinski definition) is 3. The second-order valence-corrected chi connectivity index (χ2v) is 5.42. The topological polar surface area (TPSA) is 39.1 Å². The predicted molar refractivity (Wildman–Crippen MR) is 84.0 cm³/mol. The smallest absolute Gasteiger partial charge is 0.0625 e. The van der Waals surface area contributed by atoms with Crippen molar-refractivity contribution in [3.8, 4) is 0 Å². The maximum atomic E-state index is 5.24. The van der Waals surface area contributed by atoms with E-state index in [4.69, 9.17) is 4.74 Å². The molecule has 1 heterocycles. The van der Waals surface area contributed by atoms with Gasteiger partial charge in [0.05, 0.1) is 17.4 Å². The maximum absolute atomic E-state index is 5.24. The van der Waals surface area contributed by atoms with Crippen LogP contribution in [0.15, 0.2) is 6.07 Å². The molecule has 0 aliphatic rings. The molecule has 0 aliphatic carbocycles. The normalized spacial score (nSPS) is 14.4. The molecule has 4 heteroatoms. The van der Waals surface area contributed by atoms with E-state index in [9.17, 15) is 0 Å². The zero-order valence-corrected chi connectivity index (χ0v) is 13.8. The number of methoxy groups -OCH3 is 1. The van der Waals surface area contributed by atoms with Gasteiger partial charge >= 0.3 is 0 Å². The third-order valence-electron chi connectivity index (χ3n) is 3.80. The van der Waals surface area contributed by atoms with Crippen LogP contribution in [0.2, 0.25) is 0 Å². The van der Waals surface area contributed by atoms with Crippen molar-refractivity contribution in [1.29, 1.82) is 0 Å². The van der Waals surface area contributed by atoms with E-state index in [0.29, 0.717) is 12.0 Å². The molecule has 4 nitrogen and oxygen atoms in total. The molecule has 2 unspecified atom stereocenters. The summed E-state index contributed by atoms with van der Waals surface area (Å²) in [4.78, 5) is 0. The van der Waals surface area contributed by atoms with Gasteiger partial charge in [0.2, 0.25) is 0 Å². The fourth-order valence-electron chi connectivity index (χ4n) is 2.53. The largest absolute Gasteiger partial charge is 0.385 e. The number of rotatable bonds is 10. The minimum absolute atomic E-state index is 0.359. The van der Waals surface area contributed by atoms with Gasteiger partial charge in [-0.2, -0.15) is 5.10 Å². The summed E-state index contributed by atoms with van der Waals surface area (Å²) in [6, 6.07) is 2.62. The van der Waals surface area contributed by atoms with Gasteiger partial charge in [-0.1, -0.05) is 20.8 Å². The van der Waals surface area contributed by atoms with E-state index in [1.54, 1.807) is 7.11 Å². The summed E-state index contributed by atoms with van der Waals surface area (Å²) in [5.41, 5.74) is 2.51. The first-order valence-electron chi connectivity index (χ1n) is 7.96. The van der Waals surface area contributed by atoms with Crippen LogP contribution < -0.4 is 5.32 Å². The third kappa shape index (κ3) is 4.60. The van der Waals surface area contributed by atoms with Gasteiger partial charge in [-0.25, -0.2) is 0 Å². The molecule has 0 spiro atoms. The summed E-state index contributed by atoms with van der Waals surface area (Å²) in [6.45, 7) is 11.6. The number of aryl methyl sites for hydroxylation is 2. The zero-order chi connectivity index (χ0) is 15.0. The summed E-state index contributed by atoms with van der Waals surface area (Å²) in [6.07, 6.45) is 3.20. The van der Waals surface area contributed by atoms with Crippen molar-refractivity contribution < 1.29 is 4.74 Å². The Labute approximate surface area is 123 Å². The Morgan fingerprint density at radius 2 is 2.10 bits per heavy atom. The van der Waals surface area contributed by atoms with Gasteiger partial charge in [0.1, 0.15) is 0 Å². The van der Waals surface area contributed by atoms with Crippen LogP contribution in [-0.2, 0) is 17.7 Å². The lowest BCUT2D eigenvalue weighted by atomic mass is 9.95. The van der Waals surface area contributed by atoms with Crippen LogP contribution in [0.3, 0.4) is 0 Å². The quantitative estimate of drug-likeness (QED) is 0.716. The van der Waals surface area contributed by atoms with Crippen LogP contribution in [0.4, 0.5) is 0 Å². The van der Waals surface area contributed by atoms with Gasteiger partial charge < -0.3 is 10.1 Å². The Hall–Kier alpha value is -0.870. The molecule has 1 aromatic rings. The monoisotopic (exact) mass is 281 g/mol. The summed E-state index contributed by atoms with van der Waals surface area (Å²) < 4.78 is 7.38. The van der Waals surface area contributed by atoms with Crippen molar-refractivity contribution in [1.82, 2.24) is 15.1 Å². The molecule has 0 saturated heterocycles. The molecule has 0 bridgehead atoms. The molecule has 2 atom stereocenters. The second kappa shape index (κ2) is 9.14. The lowest BCUT2D eigenvalue weighted by Crippen LogP contribution is -2.30. The SMILES string of the molecule is CCCNC(c1cc(CC)nn1CC)C(C)CCOC. The van der Waals surface area contributed by atoms with E-state index in [-0.39, 0.29) is 0 Å². The minimum Gasteiger partial charge on any atom is -0.385 e. The van der Waals surface area contributed by atoms with Crippen molar-refractivity contribution in [2.45, 2.75) is 59.5 Å². The highest BCUT2D eigenvalue weighted by molar-refractivity contribution is 5.15. The average Bonchev–Trinajstić information content (AvgIpc) is 2.88. The van der Waals surface area contributed by atoms with Crippen molar-refractivity contribution in [3.63, 3.8) is 0 Å². The molecule has 0 aliphatic heterocycles. The molecule has 0 fully saturated rings. The number of nitrogens with one attached hydrogen (secondary N) is 1. The fraction of sp³-hybridized carbons (Fsp3) is 0.812.